The van der Waals surface area contributed by atoms with Gasteiger partial charge in [-0.25, -0.2) is 9.97 Å². The Morgan fingerprint density at radius 2 is 2.15 bits per heavy atom. The van der Waals surface area contributed by atoms with Crippen molar-refractivity contribution in [2.45, 2.75) is 0 Å². The van der Waals surface area contributed by atoms with Gasteiger partial charge >= 0.3 is 7.12 Å². The molecule has 0 saturated heterocycles. The zero-order valence-electron chi connectivity index (χ0n) is 7.05. The third kappa shape index (κ3) is 1.30. The number of pyridine rings is 1. The van der Waals surface area contributed by atoms with Crippen molar-refractivity contribution in [1.82, 2.24) is 14.5 Å². The summed E-state index contributed by atoms with van der Waals surface area (Å²) in [5.41, 5.74) is 1.74. The van der Waals surface area contributed by atoms with Crippen LogP contribution < -0.4 is 5.46 Å². The molecule has 2 heterocycles. The molecule has 2 N–H and O–H groups in total. The minimum Gasteiger partial charge on any atom is -0.423 e. The van der Waals surface area contributed by atoms with E-state index in [0.717, 1.165) is 5.65 Å². The van der Waals surface area contributed by atoms with Crippen LogP contribution in [0.3, 0.4) is 0 Å². The second-order valence-corrected chi connectivity index (χ2v) is 2.84. The Balaban J connectivity index is 2.63. The summed E-state index contributed by atoms with van der Waals surface area (Å²) in [5, 5.41) is 17.7. The van der Waals surface area contributed by atoms with Crippen molar-refractivity contribution in [2.75, 3.05) is 0 Å². The highest BCUT2D eigenvalue weighted by atomic mass is 16.4. The summed E-state index contributed by atoms with van der Waals surface area (Å²) in [6, 6.07) is 1.60. The first-order valence-electron chi connectivity index (χ1n) is 3.81. The lowest BCUT2D eigenvalue weighted by Gasteiger charge is -1.98. The Labute approximate surface area is 74.8 Å². The first-order valence-corrected chi connectivity index (χ1v) is 3.81. The standard InChI is InChI=1S/C7H8BN3O2/c1-11-4-10-6-2-5(8(12)13)3-9-7(6)11/h2-4,12-13H,1H3. The summed E-state index contributed by atoms with van der Waals surface area (Å²) in [6.45, 7) is 0. The molecule has 0 aliphatic heterocycles. The number of aromatic nitrogens is 3. The highest BCUT2D eigenvalue weighted by molar-refractivity contribution is 6.58. The lowest BCUT2D eigenvalue weighted by molar-refractivity contribution is 0.425. The highest BCUT2D eigenvalue weighted by Crippen LogP contribution is 2.04. The topological polar surface area (TPSA) is 71.2 Å². The van der Waals surface area contributed by atoms with Gasteiger partial charge in [0.2, 0.25) is 0 Å². The van der Waals surface area contributed by atoms with E-state index in [1.807, 2.05) is 7.05 Å². The molecule has 0 radical (unpaired) electrons. The van der Waals surface area contributed by atoms with Gasteiger partial charge in [0.05, 0.1) is 6.33 Å². The van der Waals surface area contributed by atoms with Gasteiger partial charge in [-0.05, 0) is 6.07 Å². The van der Waals surface area contributed by atoms with Gasteiger partial charge in [0.25, 0.3) is 0 Å². The van der Waals surface area contributed by atoms with Crippen LogP contribution in [-0.2, 0) is 7.05 Å². The number of fused-ring (bicyclic) bond motifs is 1. The van der Waals surface area contributed by atoms with Crippen LogP contribution in [0.4, 0.5) is 0 Å². The zero-order chi connectivity index (χ0) is 9.42. The van der Waals surface area contributed by atoms with E-state index in [0.29, 0.717) is 11.0 Å². The summed E-state index contributed by atoms with van der Waals surface area (Å²) >= 11 is 0. The van der Waals surface area contributed by atoms with Crippen LogP contribution >= 0.6 is 0 Å². The molecule has 0 aliphatic rings. The van der Waals surface area contributed by atoms with Gasteiger partial charge in [-0.15, -0.1) is 0 Å². The van der Waals surface area contributed by atoms with Gasteiger partial charge in [-0.3, -0.25) is 0 Å². The van der Waals surface area contributed by atoms with Crippen molar-refractivity contribution in [3.05, 3.63) is 18.6 Å². The molecule has 0 saturated carbocycles. The van der Waals surface area contributed by atoms with E-state index in [2.05, 4.69) is 9.97 Å². The average Bonchev–Trinajstić information content (AvgIpc) is 2.47. The lowest BCUT2D eigenvalue weighted by Crippen LogP contribution is -2.30. The fraction of sp³-hybridized carbons (Fsp3) is 0.143. The van der Waals surface area contributed by atoms with Crippen LogP contribution in [0.2, 0.25) is 0 Å². The number of hydrogen-bond acceptors (Lipinski definition) is 4. The summed E-state index contributed by atoms with van der Waals surface area (Å²) in [7, 11) is 0.344. The Hall–Kier alpha value is -1.40. The third-order valence-electron chi connectivity index (χ3n) is 1.87. The second-order valence-electron chi connectivity index (χ2n) is 2.84. The summed E-state index contributed by atoms with van der Waals surface area (Å²) in [6.07, 6.45) is 3.06. The third-order valence-corrected chi connectivity index (χ3v) is 1.87. The fourth-order valence-electron chi connectivity index (χ4n) is 1.17. The van der Waals surface area contributed by atoms with E-state index in [1.165, 1.54) is 6.20 Å². The molecule has 0 fully saturated rings. The largest absolute Gasteiger partial charge is 0.490 e. The minimum absolute atomic E-state index is 0.353. The van der Waals surface area contributed by atoms with Crippen molar-refractivity contribution in [1.29, 1.82) is 0 Å². The van der Waals surface area contributed by atoms with Crippen molar-refractivity contribution < 1.29 is 10.0 Å². The van der Waals surface area contributed by atoms with E-state index < -0.39 is 7.12 Å². The highest BCUT2D eigenvalue weighted by Gasteiger charge is 2.12. The molecule has 0 unspecified atom stereocenters. The van der Waals surface area contributed by atoms with Crippen molar-refractivity contribution in [2.24, 2.45) is 7.05 Å². The molecular formula is C7H8BN3O2. The van der Waals surface area contributed by atoms with E-state index in [9.17, 15) is 0 Å². The number of hydrogen-bond donors (Lipinski definition) is 2. The Morgan fingerprint density at radius 1 is 1.38 bits per heavy atom. The van der Waals surface area contributed by atoms with Gasteiger partial charge < -0.3 is 14.6 Å². The molecule has 13 heavy (non-hydrogen) atoms. The van der Waals surface area contributed by atoms with E-state index in [1.54, 1.807) is 17.0 Å². The molecule has 6 heteroatoms. The number of imidazole rings is 1. The van der Waals surface area contributed by atoms with Gasteiger partial charge in [0.1, 0.15) is 5.52 Å². The number of nitrogens with zero attached hydrogens (tertiary/aromatic N) is 3. The Bertz CT molecular complexity index is 440. The molecule has 0 spiro atoms. The first kappa shape index (κ1) is 8.21. The molecule has 0 aliphatic carbocycles. The molecule has 66 valence electrons. The fourth-order valence-corrected chi connectivity index (χ4v) is 1.17. The second kappa shape index (κ2) is 2.83. The molecule has 0 bridgehead atoms. The maximum absolute atomic E-state index is 8.87. The van der Waals surface area contributed by atoms with Gasteiger partial charge in [0, 0.05) is 18.7 Å². The summed E-state index contributed by atoms with van der Waals surface area (Å²) in [4.78, 5) is 8.08. The summed E-state index contributed by atoms with van der Waals surface area (Å²) in [5.74, 6) is 0. The van der Waals surface area contributed by atoms with Crippen LogP contribution in [0, 0.1) is 0 Å². The van der Waals surface area contributed by atoms with Gasteiger partial charge in [-0.2, -0.15) is 0 Å². The molecule has 2 rings (SSSR count). The Kier molecular flexibility index (Phi) is 1.79. The molecule has 2 aromatic rings. The first-order chi connectivity index (χ1) is 6.18. The smallest absolute Gasteiger partial charge is 0.423 e. The SMILES string of the molecule is Cn1cnc2cc(B(O)O)cnc21. The maximum Gasteiger partial charge on any atom is 0.490 e. The molecular weight excluding hydrogens is 169 g/mol. The zero-order valence-corrected chi connectivity index (χ0v) is 7.05. The predicted molar refractivity (Wildman–Crippen MR) is 48.3 cm³/mol. The van der Waals surface area contributed by atoms with E-state index in [-0.39, 0.29) is 0 Å². The quantitative estimate of drug-likeness (QED) is 0.528. The molecule has 5 nitrogen and oxygen atoms in total. The Morgan fingerprint density at radius 3 is 2.85 bits per heavy atom. The van der Waals surface area contributed by atoms with Crippen LogP contribution in [-0.4, -0.2) is 31.7 Å². The maximum atomic E-state index is 8.87. The average molecular weight is 177 g/mol. The van der Waals surface area contributed by atoms with E-state index in [4.69, 9.17) is 10.0 Å². The lowest BCUT2D eigenvalue weighted by atomic mass is 9.82. The molecule has 0 amide bonds. The van der Waals surface area contributed by atoms with Crippen molar-refractivity contribution in [3.63, 3.8) is 0 Å². The predicted octanol–water partition coefficient (Wildman–Crippen LogP) is -1.35. The molecule has 0 aromatic carbocycles. The number of aryl methyl sites for hydroxylation is 1. The van der Waals surface area contributed by atoms with Crippen LogP contribution in [0.1, 0.15) is 0 Å². The summed E-state index contributed by atoms with van der Waals surface area (Å²) < 4.78 is 1.77. The van der Waals surface area contributed by atoms with Crippen LogP contribution in [0.5, 0.6) is 0 Å². The van der Waals surface area contributed by atoms with E-state index >= 15 is 0 Å². The van der Waals surface area contributed by atoms with Crippen LogP contribution in [0.15, 0.2) is 18.6 Å². The molecule has 2 aromatic heterocycles. The normalized spacial score (nSPS) is 10.7. The van der Waals surface area contributed by atoms with Gasteiger partial charge in [-0.1, -0.05) is 0 Å². The van der Waals surface area contributed by atoms with Crippen LogP contribution in [0.25, 0.3) is 11.2 Å². The van der Waals surface area contributed by atoms with Crippen molar-refractivity contribution in [3.8, 4) is 0 Å². The van der Waals surface area contributed by atoms with Crippen molar-refractivity contribution >= 4 is 23.7 Å². The minimum atomic E-state index is -1.49. The number of rotatable bonds is 1. The molecule has 0 atom stereocenters. The monoisotopic (exact) mass is 177 g/mol. The van der Waals surface area contributed by atoms with Gasteiger partial charge in [0.15, 0.2) is 5.65 Å².